The molecule has 0 saturated carbocycles. The number of hydrogen-bond donors (Lipinski definition) is 1. The maximum absolute atomic E-state index is 12.7. The molecule has 0 atom stereocenters. The molecule has 2 aromatic carbocycles. The Kier molecular flexibility index (Phi) is 19.5. The van der Waals surface area contributed by atoms with Gasteiger partial charge in [0.1, 0.15) is 24.5 Å². The van der Waals surface area contributed by atoms with E-state index in [1.54, 1.807) is 13.2 Å². The molecule has 0 aromatic heterocycles. The van der Waals surface area contributed by atoms with Crippen molar-refractivity contribution in [2.24, 2.45) is 0 Å². The maximum Gasteiger partial charge on any atom is 0.342 e. The van der Waals surface area contributed by atoms with Crippen LogP contribution in [0.5, 0.6) is 5.75 Å². The van der Waals surface area contributed by atoms with Crippen molar-refractivity contribution < 1.29 is 47.8 Å². The highest BCUT2D eigenvalue weighted by molar-refractivity contribution is 5.92. The summed E-state index contributed by atoms with van der Waals surface area (Å²) in [6, 6.07) is 14.9. The van der Waals surface area contributed by atoms with E-state index < -0.39 is 5.97 Å². The Labute approximate surface area is 237 Å². The molecule has 0 radical (unpaired) electrons. The average Bonchev–Trinajstić information content (AvgIpc) is 2.98. The van der Waals surface area contributed by atoms with E-state index in [0.29, 0.717) is 96.8 Å². The zero-order valence-electron chi connectivity index (χ0n) is 23.6. The lowest BCUT2D eigenvalue weighted by molar-refractivity contribution is -0.0159. The Bertz CT molecular complexity index is 893. The number of esters is 1. The van der Waals surface area contributed by atoms with Crippen LogP contribution in [0.3, 0.4) is 0 Å². The quantitative estimate of drug-likeness (QED) is 0.143. The van der Waals surface area contributed by atoms with Crippen molar-refractivity contribution in [2.75, 3.05) is 93.0 Å². The van der Waals surface area contributed by atoms with Gasteiger partial charge in [-0.15, -0.1) is 0 Å². The van der Waals surface area contributed by atoms with Crippen LogP contribution >= 0.6 is 0 Å². The molecule has 0 heterocycles. The summed E-state index contributed by atoms with van der Waals surface area (Å²) in [7, 11) is 1.64. The number of rotatable bonds is 25. The van der Waals surface area contributed by atoms with Gasteiger partial charge in [-0.1, -0.05) is 36.4 Å². The van der Waals surface area contributed by atoms with Crippen molar-refractivity contribution in [2.45, 2.75) is 19.4 Å². The lowest BCUT2D eigenvalue weighted by Crippen LogP contribution is -2.15. The molecule has 0 aliphatic carbocycles. The second-order valence-electron chi connectivity index (χ2n) is 8.62. The van der Waals surface area contributed by atoms with Gasteiger partial charge in [-0.2, -0.15) is 0 Å². The van der Waals surface area contributed by atoms with Crippen LogP contribution in [0.25, 0.3) is 0 Å². The number of aryl methyl sites for hydroxylation is 1. The molecule has 10 nitrogen and oxygen atoms in total. The molecule has 0 spiro atoms. The highest BCUT2D eigenvalue weighted by atomic mass is 16.6. The van der Waals surface area contributed by atoms with Gasteiger partial charge in [0.15, 0.2) is 0 Å². The Balaban J connectivity index is 1.57. The maximum atomic E-state index is 12.7. The summed E-state index contributed by atoms with van der Waals surface area (Å²) < 4.78 is 43.5. The number of carbonyl (C=O) groups is 1. The first-order valence-corrected chi connectivity index (χ1v) is 13.7. The van der Waals surface area contributed by atoms with Gasteiger partial charge in [-0.25, -0.2) is 4.79 Å². The second-order valence-corrected chi connectivity index (χ2v) is 8.62. The SMILES string of the molecule is COCCOCCOCCOCCOCCOCCOc1cc(CCCO)ccc1C(=O)OCc1ccccc1. The van der Waals surface area contributed by atoms with Crippen molar-refractivity contribution in [1.29, 1.82) is 0 Å². The summed E-state index contributed by atoms with van der Waals surface area (Å²) in [5.41, 5.74) is 2.23. The fourth-order valence-corrected chi connectivity index (χ4v) is 3.43. The predicted molar refractivity (Wildman–Crippen MR) is 149 cm³/mol. The molecule has 1 N–H and O–H groups in total. The molecular weight excluding hydrogens is 520 g/mol. The van der Waals surface area contributed by atoms with E-state index in [1.807, 2.05) is 42.5 Å². The monoisotopic (exact) mass is 564 g/mol. The van der Waals surface area contributed by atoms with Crippen LogP contribution in [-0.4, -0.2) is 104 Å². The normalized spacial score (nSPS) is 11.1. The fourth-order valence-electron chi connectivity index (χ4n) is 3.43. The topological polar surface area (TPSA) is 111 Å². The van der Waals surface area contributed by atoms with Crippen molar-refractivity contribution in [3.8, 4) is 5.75 Å². The average molecular weight is 565 g/mol. The third kappa shape index (κ3) is 15.9. The van der Waals surface area contributed by atoms with E-state index in [9.17, 15) is 4.79 Å². The molecule has 0 saturated heterocycles. The number of methoxy groups -OCH3 is 1. The number of benzene rings is 2. The van der Waals surface area contributed by atoms with Gasteiger partial charge in [-0.3, -0.25) is 0 Å². The van der Waals surface area contributed by atoms with Crippen molar-refractivity contribution >= 4 is 5.97 Å². The van der Waals surface area contributed by atoms with E-state index in [1.165, 1.54) is 0 Å². The lowest BCUT2D eigenvalue weighted by Gasteiger charge is -2.13. The van der Waals surface area contributed by atoms with Gasteiger partial charge in [0.05, 0.1) is 72.7 Å². The number of aliphatic hydroxyl groups is 1. The Morgan fingerprint density at radius 2 is 1.23 bits per heavy atom. The van der Waals surface area contributed by atoms with E-state index in [0.717, 1.165) is 11.1 Å². The third-order valence-electron chi connectivity index (χ3n) is 5.51. The summed E-state index contributed by atoms with van der Waals surface area (Å²) in [6.45, 7) is 5.90. The smallest absolute Gasteiger partial charge is 0.342 e. The Hall–Kier alpha value is -2.57. The minimum atomic E-state index is -0.456. The predicted octanol–water partition coefficient (Wildman–Crippen LogP) is 3.08. The molecule has 224 valence electrons. The first kappa shape index (κ1) is 33.6. The fraction of sp³-hybridized carbons (Fsp3) is 0.567. The van der Waals surface area contributed by atoms with Crippen LogP contribution in [0.2, 0.25) is 0 Å². The van der Waals surface area contributed by atoms with Crippen LogP contribution in [0, 0.1) is 0 Å². The van der Waals surface area contributed by atoms with Gasteiger partial charge in [-0.05, 0) is 36.1 Å². The Morgan fingerprint density at radius 3 is 1.77 bits per heavy atom. The van der Waals surface area contributed by atoms with E-state index in [2.05, 4.69) is 0 Å². The van der Waals surface area contributed by atoms with Crippen LogP contribution in [-0.2, 0) is 46.2 Å². The molecule has 40 heavy (non-hydrogen) atoms. The molecule has 0 bridgehead atoms. The second kappa shape index (κ2) is 23.2. The van der Waals surface area contributed by atoms with Gasteiger partial charge in [0.2, 0.25) is 0 Å². The number of carbonyl (C=O) groups excluding carboxylic acids is 1. The number of hydrogen-bond acceptors (Lipinski definition) is 10. The van der Waals surface area contributed by atoms with E-state index in [-0.39, 0.29) is 19.8 Å². The van der Waals surface area contributed by atoms with E-state index >= 15 is 0 Å². The van der Waals surface area contributed by atoms with Crippen LogP contribution in [0.4, 0.5) is 0 Å². The minimum absolute atomic E-state index is 0.0966. The molecule has 0 aliphatic heterocycles. The van der Waals surface area contributed by atoms with Gasteiger partial charge < -0.3 is 43.0 Å². The van der Waals surface area contributed by atoms with Crippen molar-refractivity contribution in [3.63, 3.8) is 0 Å². The highest BCUT2D eigenvalue weighted by Gasteiger charge is 2.15. The first-order valence-electron chi connectivity index (χ1n) is 13.7. The highest BCUT2D eigenvalue weighted by Crippen LogP contribution is 2.23. The van der Waals surface area contributed by atoms with Crippen LogP contribution in [0.15, 0.2) is 48.5 Å². The van der Waals surface area contributed by atoms with Gasteiger partial charge in [0, 0.05) is 13.7 Å². The summed E-state index contributed by atoms with van der Waals surface area (Å²) in [5, 5.41) is 9.14. The summed E-state index contributed by atoms with van der Waals surface area (Å²) in [4.78, 5) is 12.7. The Morgan fingerprint density at radius 1 is 0.675 bits per heavy atom. The van der Waals surface area contributed by atoms with Gasteiger partial charge >= 0.3 is 5.97 Å². The number of aliphatic hydroxyl groups excluding tert-OH is 1. The van der Waals surface area contributed by atoms with Crippen LogP contribution < -0.4 is 4.74 Å². The lowest BCUT2D eigenvalue weighted by atomic mass is 10.1. The zero-order chi connectivity index (χ0) is 28.5. The van der Waals surface area contributed by atoms with Crippen molar-refractivity contribution in [3.05, 3.63) is 65.2 Å². The molecule has 0 unspecified atom stereocenters. The van der Waals surface area contributed by atoms with E-state index in [4.69, 9.17) is 43.0 Å². The standard InChI is InChI=1S/C30H44O10/c1-33-12-13-34-14-15-35-16-17-36-18-19-37-20-21-38-22-23-39-29-24-26(8-5-11-31)9-10-28(29)30(32)40-25-27-6-3-2-4-7-27/h2-4,6-7,9-10,24,31H,5,8,11-23,25H2,1H3. The zero-order valence-corrected chi connectivity index (χ0v) is 23.6. The molecule has 10 heteroatoms. The van der Waals surface area contributed by atoms with Crippen molar-refractivity contribution in [1.82, 2.24) is 0 Å². The molecule has 2 rings (SSSR count). The summed E-state index contributed by atoms with van der Waals surface area (Å²) >= 11 is 0. The van der Waals surface area contributed by atoms with Crippen LogP contribution in [0.1, 0.15) is 27.9 Å². The molecule has 0 amide bonds. The molecule has 0 aliphatic rings. The van der Waals surface area contributed by atoms with Gasteiger partial charge in [0.25, 0.3) is 0 Å². The summed E-state index contributed by atoms with van der Waals surface area (Å²) in [6.07, 6.45) is 1.31. The molecular formula is C30H44O10. The summed E-state index contributed by atoms with van der Waals surface area (Å²) in [5.74, 6) is -0.0178. The molecule has 2 aromatic rings. The number of ether oxygens (including phenoxy) is 8. The minimum Gasteiger partial charge on any atom is -0.490 e. The molecule has 0 fully saturated rings. The first-order chi connectivity index (χ1) is 19.7. The largest absolute Gasteiger partial charge is 0.490 e. The third-order valence-corrected chi connectivity index (χ3v) is 5.51.